The molecule has 0 saturated carbocycles. The predicted octanol–water partition coefficient (Wildman–Crippen LogP) is 3.09. The molecule has 0 aliphatic rings. The van der Waals surface area contributed by atoms with Gasteiger partial charge in [0.25, 0.3) is 5.56 Å². The Bertz CT molecular complexity index is 822. The fourth-order valence-electron chi connectivity index (χ4n) is 2.42. The van der Waals surface area contributed by atoms with Gasteiger partial charge in [0.05, 0.1) is 18.0 Å². The topological polar surface area (TPSA) is 73.5 Å². The number of aromatic nitrogens is 2. The number of fused-ring (bicyclic) bond motifs is 1. The van der Waals surface area contributed by atoms with Crippen LogP contribution in [-0.2, 0) is 9.53 Å². The molecule has 0 aliphatic carbocycles. The zero-order chi connectivity index (χ0) is 17.7. The Hall–Kier alpha value is -2.50. The van der Waals surface area contributed by atoms with Crippen molar-refractivity contribution in [2.75, 3.05) is 7.11 Å². The van der Waals surface area contributed by atoms with Crippen molar-refractivity contribution in [1.29, 1.82) is 0 Å². The number of hydrogen-bond acceptors (Lipinski definition) is 5. The molecule has 0 atom stereocenters. The summed E-state index contributed by atoms with van der Waals surface area (Å²) in [5.41, 5.74) is 1.29. The Labute approximate surface area is 141 Å². The first-order valence-electron chi connectivity index (χ1n) is 8.07. The van der Waals surface area contributed by atoms with Gasteiger partial charge in [-0.2, -0.15) is 9.78 Å². The number of ether oxygens (including phenoxy) is 1. The van der Waals surface area contributed by atoms with E-state index in [0.29, 0.717) is 36.0 Å². The predicted molar refractivity (Wildman–Crippen MR) is 94.5 cm³/mol. The van der Waals surface area contributed by atoms with Gasteiger partial charge < -0.3 is 4.74 Å². The van der Waals surface area contributed by atoms with Crippen LogP contribution in [0.1, 0.15) is 51.8 Å². The van der Waals surface area contributed by atoms with Gasteiger partial charge in [0, 0.05) is 18.1 Å². The first-order chi connectivity index (χ1) is 11.4. The molecule has 6 heteroatoms. The van der Waals surface area contributed by atoms with Crippen LogP contribution in [0.5, 0.6) is 0 Å². The van der Waals surface area contributed by atoms with Gasteiger partial charge in [0.1, 0.15) is 5.82 Å². The van der Waals surface area contributed by atoms with E-state index in [4.69, 9.17) is 0 Å². The smallest absolute Gasteiger partial charge is 0.305 e. The minimum Gasteiger partial charge on any atom is -0.469 e. The summed E-state index contributed by atoms with van der Waals surface area (Å²) < 4.78 is 6.01. The highest BCUT2D eigenvalue weighted by atomic mass is 16.5. The van der Waals surface area contributed by atoms with E-state index in [1.807, 2.05) is 39.0 Å². The lowest BCUT2D eigenvalue weighted by molar-refractivity contribution is -0.140. The second kappa shape index (κ2) is 7.86. The zero-order valence-corrected chi connectivity index (χ0v) is 14.6. The van der Waals surface area contributed by atoms with Gasteiger partial charge in [-0.1, -0.05) is 26.0 Å². The van der Waals surface area contributed by atoms with E-state index < -0.39 is 0 Å². The van der Waals surface area contributed by atoms with Crippen molar-refractivity contribution in [2.24, 2.45) is 5.10 Å². The SMILES string of the molecule is COC(=O)CCC/C(C)=N\n1c(C(C)C)nc2ccccc2c1=O. The number of rotatable bonds is 6. The van der Waals surface area contributed by atoms with E-state index >= 15 is 0 Å². The molecule has 0 fully saturated rings. The third-order valence-corrected chi connectivity index (χ3v) is 3.71. The van der Waals surface area contributed by atoms with Crippen LogP contribution in [0.2, 0.25) is 0 Å². The van der Waals surface area contributed by atoms with E-state index in [1.165, 1.54) is 11.8 Å². The van der Waals surface area contributed by atoms with Crippen molar-refractivity contribution < 1.29 is 9.53 Å². The summed E-state index contributed by atoms with van der Waals surface area (Å²) in [6.07, 6.45) is 1.59. The van der Waals surface area contributed by atoms with Gasteiger partial charge in [-0.15, -0.1) is 0 Å². The van der Waals surface area contributed by atoms with Crippen molar-refractivity contribution in [3.63, 3.8) is 0 Å². The lowest BCUT2D eigenvalue weighted by atomic mass is 10.1. The van der Waals surface area contributed by atoms with E-state index in [9.17, 15) is 9.59 Å². The summed E-state index contributed by atoms with van der Waals surface area (Å²) in [6, 6.07) is 7.27. The number of methoxy groups -OCH3 is 1. The number of nitrogens with zero attached hydrogens (tertiary/aromatic N) is 3. The van der Waals surface area contributed by atoms with Crippen LogP contribution < -0.4 is 5.56 Å². The van der Waals surface area contributed by atoms with Crippen LogP contribution in [-0.4, -0.2) is 28.5 Å². The highest BCUT2D eigenvalue weighted by molar-refractivity contribution is 5.83. The van der Waals surface area contributed by atoms with Crippen LogP contribution in [0.15, 0.2) is 34.2 Å². The monoisotopic (exact) mass is 329 g/mol. The molecular formula is C18H23N3O3. The molecule has 1 heterocycles. The third-order valence-electron chi connectivity index (χ3n) is 3.71. The van der Waals surface area contributed by atoms with Crippen molar-refractivity contribution in [3.8, 4) is 0 Å². The molecule has 2 rings (SSSR count). The van der Waals surface area contributed by atoms with Crippen LogP contribution in [0.3, 0.4) is 0 Å². The van der Waals surface area contributed by atoms with Gasteiger partial charge in [-0.25, -0.2) is 4.98 Å². The van der Waals surface area contributed by atoms with Crippen molar-refractivity contribution in [2.45, 2.75) is 46.0 Å². The summed E-state index contributed by atoms with van der Waals surface area (Å²) in [5.74, 6) is 0.454. The molecule has 24 heavy (non-hydrogen) atoms. The number of benzene rings is 1. The first kappa shape index (κ1) is 17.8. The maximum absolute atomic E-state index is 12.8. The molecule has 0 N–H and O–H groups in total. The van der Waals surface area contributed by atoms with Crippen LogP contribution in [0, 0.1) is 0 Å². The van der Waals surface area contributed by atoms with E-state index in [0.717, 1.165) is 5.71 Å². The second-order valence-corrected chi connectivity index (χ2v) is 6.02. The minimum atomic E-state index is -0.241. The Kier molecular flexibility index (Phi) is 5.84. The minimum absolute atomic E-state index is 0.0638. The van der Waals surface area contributed by atoms with E-state index in [1.54, 1.807) is 6.07 Å². The summed E-state index contributed by atoms with van der Waals surface area (Å²) in [7, 11) is 1.37. The fraction of sp³-hybridized carbons (Fsp3) is 0.444. The molecule has 0 saturated heterocycles. The molecule has 6 nitrogen and oxygen atoms in total. The molecule has 0 unspecified atom stereocenters. The Morgan fingerprint density at radius 2 is 2.00 bits per heavy atom. The maximum atomic E-state index is 12.8. The second-order valence-electron chi connectivity index (χ2n) is 6.02. The first-order valence-corrected chi connectivity index (χ1v) is 8.07. The molecule has 2 aromatic rings. The van der Waals surface area contributed by atoms with Crippen LogP contribution in [0.25, 0.3) is 10.9 Å². The summed E-state index contributed by atoms with van der Waals surface area (Å²) in [4.78, 5) is 28.5. The van der Waals surface area contributed by atoms with Gasteiger partial charge in [0.15, 0.2) is 0 Å². The number of esters is 1. The Balaban J connectivity index is 2.37. The van der Waals surface area contributed by atoms with Crippen molar-refractivity contribution in [1.82, 2.24) is 9.66 Å². The molecule has 0 amide bonds. The molecule has 0 radical (unpaired) electrons. The normalized spacial score (nSPS) is 12.0. The average Bonchev–Trinajstić information content (AvgIpc) is 2.56. The Morgan fingerprint density at radius 3 is 2.67 bits per heavy atom. The average molecular weight is 329 g/mol. The van der Waals surface area contributed by atoms with Gasteiger partial charge >= 0.3 is 5.97 Å². The standard InChI is InChI=1S/C18H23N3O3/c1-12(2)17-19-15-10-6-5-9-14(15)18(23)21(17)20-13(3)8-7-11-16(22)24-4/h5-6,9-10,12H,7-8,11H2,1-4H3/b20-13-. The van der Waals surface area contributed by atoms with E-state index in [-0.39, 0.29) is 17.4 Å². The molecule has 1 aromatic heterocycles. The number of carbonyl (C=O) groups excluding carboxylic acids is 1. The van der Waals surface area contributed by atoms with E-state index in [2.05, 4.69) is 14.8 Å². The van der Waals surface area contributed by atoms with Crippen LogP contribution in [0.4, 0.5) is 0 Å². The Morgan fingerprint density at radius 1 is 1.29 bits per heavy atom. The number of carbonyl (C=O) groups is 1. The molecule has 0 aliphatic heterocycles. The number of hydrogen-bond donors (Lipinski definition) is 0. The summed E-state index contributed by atoms with van der Waals surface area (Å²) in [5, 5.41) is 5.01. The molecule has 0 bridgehead atoms. The highest BCUT2D eigenvalue weighted by Gasteiger charge is 2.13. The quantitative estimate of drug-likeness (QED) is 0.603. The van der Waals surface area contributed by atoms with Crippen molar-refractivity contribution >= 4 is 22.6 Å². The highest BCUT2D eigenvalue weighted by Crippen LogP contribution is 2.15. The number of para-hydroxylation sites is 1. The van der Waals surface area contributed by atoms with Gasteiger partial charge in [-0.3, -0.25) is 9.59 Å². The van der Waals surface area contributed by atoms with Gasteiger partial charge in [-0.05, 0) is 31.9 Å². The van der Waals surface area contributed by atoms with Crippen LogP contribution >= 0.6 is 0 Å². The van der Waals surface area contributed by atoms with Crippen molar-refractivity contribution in [3.05, 3.63) is 40.4 Å². The lowest BCUT2D eigenvalue weighted by Crippen LogP contribution is -2.24. The maximum Gasteiger partial charge on any atom is 0.305 e. The molecular weight excluding hydrogens is 306 g/mol. The third kappa shape index (κ3) is 4.07. The molecule has 128 valence electrons. The summed E-state index contributed by atoms with van der Waals surface area (Å²) in [6.45, 7) is 5.81. The zero-order valence-electron chi connectivity index (χ0n) is 14.6. The fourth-order valence-corrected chi connectivity index (χ4v) is 2.42. The molecule has 1 aromatic carbocycles. The van der Waals surface area contributed by atoms with Gasteiger partial charge in [0.2, 0.25) is 0 Å². The largest absolute Gasteiger partial charge is 0.469 e. The molecule has 0 spiro atoms. The lowest BCUT2D eigenvalue weighted by Gasteiger charge is -2.12. The summed E-state index contributed by atoms with van der Waals surface area (Å²) >= 11 is 0.